The molecule has 148 valence electrons. The number of halogens is 1. The number of anilines is 2. The van der Waals surface area contributed by atoms with Crippen LogP contribution in [0.3, 0.4) is 0 Å². The normalized spacial score (nSPS) is 13.8. The number of carbonyl (C=O) groups is 2. The van der Waals surface area contributed by atoms with Crippen molar-refractivity contribution < 1.29 is 14.1 Å². The zero-order valence-corrected chi connectivity index (χ0v) is 16.9. The Bertz CT molecular complexity index is 1110. The molecule has 1 aliphatic rings. The molecule has 7 heteroatoms. The van der Waals surface area contributed by atoms with Gasteiger partial charge < -0.3 is 14.7 Å². The summed E-state index contributed by atoms with van der Waals surface area (Å²) in [6.07, 6.45) is 1.45. The van der Waals surface area contributed by atoms with Crippen LogP contribution >= 0.6 is 11.6 Å². The largest absolute Gasteiger partial charge is 0.360 e. The Kier molecular flexibility index (Phi) is 5.11. The minimum atomic E-state index is -0.330. The number of hydrogen-bond acceptors (Lipinski definition) is 4. The molecule has 4 rings (SSSR count). The van der Waals surface area contributed by atoms with Crippen molar-refractivity contribution in [3.05, 3.63) is 64.4 Å². The number of aromatic nitrogens is 1. The fourth-order valence-corrected chi connectivity index (χ4v) is 3.83. The highest BCUT2D eigenvalue weighted by atomic mass is 35.5. The number of amides is 2. The van der Waals surface area contributed by atoms with Gasteiger partial charge in [-0.2, -0.15) is 0 Å². The number of rotatable bonds is 4. The Morgan fingerprint density at radius 1 is 1.21 bits per heavy atom. The Labute approximate surface area is 173 Å². The van der Waals surface area contributed by atoms with E-state index in [0.717, 1.165) is 24.2 Å². The summed E-state index contributed by atoms with van der Waals surface area (Å²) < 4.78 is 5.27. The first-order valence-electron chi connectivity index (χ1n) is 9.39. The van der Waals surface area contributed by atoms with E-state index in [-0.39, 0.29) is 11.8 Å². The SMILES string of the molecule is Cc1cc(NC(=O)c2c(-c3ccccc3Cl)noc2C)ccc1N1CCCC1=O. The van der Waals surface area contributed by atoms with Gasteiger partial charge in [-0.15, -0.1) is 0 Å². The maximum Gasteiger partial charge on any atom is 0.261 e. The van der Waals surface area contributed by atoms with Crippen molar-refractivity contribution in [2.45, 2.75) is 26.7 Å². The molecule has 2 aromatic carbocycles. The van der Waals surface area contributed by atoms with Crippen molar-refractivity contribution in [1.82, 2.24) is 5.16 Å². The molecule has 3 aromatic rings. The third-order valence-electron chi connectivity index (χ3n) is 5.04. The molecule has 1 fully saturated rings. The lowest BCUT2D eigenvalue weighted by molar-refractivity contribution is -0.117. The van der Waals surface area contributed by atoms with Crippen LogP contribution in [0.5, 0.6) is 0 Å². The average molecular weight is 410 g/mol. The molecule has 2 heterocycles. The smallest absolute Gasteiger partial charge is 0.261 e. The van der Waals surface area contributed by atoms with Crippen molar-refractivity contribution in [3.8, 4) is 11.3 Å². The molecule has 0 aliphatic carbocycles. The van der Waals surface area contributed by atoms with E-state index in [9.17, 15) is 9.59 Å². The van der Waals surface area contributed by atoms with Gasteiger partial charge in [0.05, 0.1) is 5.02 Å². The van der Waals surface area contributed by atoms with E-state index in [0.29, 0.717) is 39.7 Å². The van der Waals surface area contributed by atoms with Gasteiger partial charge in [0.1, 0.15) is 17.0 Å². The molecule has 1 aliphatic heterocycles. The van der Waals surface area contributed by atoms with E-state index in [1.165, 1.54) is 0 Å². The standard InChI is InChI=1S/C22H20ClN3O3/c1-13-12-15(9-10-18(13)26-11-5-8-19(26)27)24-22(28)20-14(2)29-25-21(20)16-6-3-4-7-17(16)23/h3-4,6-7,9-10,12H,5,8,11H2,1-2H3,(H,24,28). The van der Waals surface area contributed by atoms with Crippen molar-refractivity contribution in [2.24, 2.45) is 0 Å². The van der Waals surface area contributed by atoms with Gasteiger partial charge in [-0.25, -0.2) is 0 Å². The summed E-state index contributed by atoms with van der Waals surface area (Å²) in [5.74, 6) is 0.214. The second kappa shape index (κ2) is 7.72. The highest BCUT2D eigenvalue weighted by Crippen LogP contribution is 2.32. The van der Waals surface area contributed by atoms with E-state index in [2.05, 4.69) is 10.5 Å². The van der Waals surface area contributed by atoms with Crippen LogP contribution in [0.15, 0.2) is 47.0 Å². The molecule has 1 N–H and O–H groups in total. The first-order chi connectivity index (χ1) is 14.0. The number of nitrogens with one attached hydrogen (secondary N) is 1. The first-order valence-corrected chi connectivity index (χ1v) is 9.77. The van der Waals surface area contributed by atoms with Gasteiger partial charge in [0.15, 0.2) is 0 Å². The molecular weight excluding hydrogens is 390 g/mol. The maximum absolute atomic E-state index is 13.0. The molecule has 6 nitrogen and oxygen atoms in total. The molecule has 0 spiro atoms. The first kappa shape index (κ1) is 19.2. The predicted molar refractivity (Wildman–Crippen MR) is 112 cm³/mol. The van der Waals surface area contributed by atoms with Gasteiger partial charge in [0.2, 0.25) is 5.91 Å². The molecule has 0 atom stereocenters. The van der Waals surface area contributed by atoms with E-state index in [1.807, 2.05) is 31.2 Å². The van der Waals surface area contributed by atoms with Gasteiger partial charge in [0, 0.05) is 29.9 Å². The zero-order chi connectivity index (χ0) is 20.5. The second-order valence-corrected chi connectivity index (χ2v) is 7.45. The van der Waals surface area contributed by atoms with Crippen molar-refractivity contribution in [2.75, 3.05) is 16.8 Å². The van der Waals surface area contributed by atoms with Crippen LogP contribution < -0.4 is 10.2 Å². The summed E-state index contributed by atoms with van der Waals surface area (Å²) >= 11 is 6.27. The molecule has 0 radical (unpaired) electrons. The zero-order valence-electron chi connectivity index (χ0n) is 16.2. The van der Waals surface area contributed by atoms with Crippen LogP contribution in [-0.4, -0.2) is 23.5 Å². The predicted octanol–water partition coefficient (Wildman–Crippen LogP) is 4.99. The van der Waals surface area contributed by atoms with Gasteiger partial charge >= 0.3 is 0 Å². The fraction of sp³-hybridized carbons (Fsp3) is 0.227. The number of aryl methyl sites for hydroxylation is 2. The molecule has 0 saturated carbocycles. The molecule has 1 aromatic heterocycles. The number of carbonyl (C=O) groups excluding carboxylic acids is 2. The minimum absolute atomic E-state index is 0.134. The van der Waals surface area contributed by atoms with E-state index in [1.54, 1.807) is 30.0 Å². The van der Waals surface area contributed by atoms with Crippen molar-refractivity contribution >= 4 is 34.8 Å². The summed E-state index contributed by atoms with van der Waals surface area (Å²) in [5, 5.41) is 7.43. The van der Waals surface area contributed by atoms with Gasteiger partial charge in [0.25, 0.3) is 5.91 Å². The quantitative estimate of drug-likeness (QED) is 0.658. The van der Waals surface area contributed by atoms with Crippen molar-refractivity contribution in [1.29, 1.82) is 0 Å². The molecule has 0 unspecified atom stereocenters. The molecule has 1 saturated heterocycles. The van der Waals surface area contributed by atoms with Gasteiger partial charge in [-0.3, -0.25) is 9.59 Å². The molecule has 2 amide bonds. The minimum Gasteiger partial charge on any atom is -0.360 e. The fourth-order valence-electron chi connectivity index (χ4n) is 3.61. The van der Waals surface area contributed by atoms with Crippen LogP contribution in [0.25, 0.3) is 11.3 Å². The lowest BCUT2D eigenvalue weighted by Crippen LogP contribution is -2.24. The third kappa shape index (κ3) is 3.63. The van der Waals surface area contributed by atoms with Crippen LogP contribution in [0, 0.1) is 13.8 Å². The summed E-state index contributed by atoms with van der Waals surface area (Å²) in [7, 11) is 0. The summed E-state index contributed by atoms with van der Waals surface area (Å²) in [6, 6.07) is 12.7. The lowest BCUT2D eigenvalue weighted by Gasteiger charge is -2.19. The van der Waals surface area contributed by atoms with Gasteiger partial charge in [-0.1, -0.05) is 35.0 Å². The van der Waals surface area contributed by atoms with Crippen LogP contribution in [0.2, 0.25) is 5.02 Å². The highest BCUT2D eigenvalue weighted by Gasteiger charge is 2.25. The van der Waals surface area contributed by atoms with Crippen LogP contribution in [0.4, 0.5) is 11.4 Å². The van der Waals surface area contributed by atoms with Crippen LogP contribution in [-0.2, 0) is 4.79 Å². The van der Waals surface area contributed by atoms with E-state index in [4.69, 9.17) is 16.1 Å². The number of nitrogens with zero attached hydrogens (tertiary/aromatic N) is 2. The summed E-state index contributed by atoms with van der Waals surface area (Å²) in [6.45, 7) is 4.35. The average Bonchev–Trinajstić information content (AvgIpc) is 3.28. The van der Waals surface area contributed by atoms with Gasteiger partial charge in [-0.05, 0) is 50.1 Å². The maximum atomic E-state index is 13.0. The molecule has 0 bridgehead atoms. The Morgan fingerprint density at radius 2 is 2.00 bits per heavy atom. The second-order valence-electron chi connectivity index (χ2n) is 7.05. The Morgan fingerprint density at radius 3 is 2.69 bits per heavy atom. The lowest BCUT2D eigenvalue weighted by atomic mass is 10.1. The topological polar surface area (TPSA) is 75.4 Å². The Balaban J connectivity index is 1.61. The summed E-state index contributed by atoms with van der Waals surface area (Å²) in [4.78, 5) is 26.8. The third-order valence-corrected chi connectivity index (χ3v) is 5.37. The molecular formula is C22H20ClN3O3. The van der Waals surface area contributed by atoms with Crippen molar-refractivity contribution in [3.63, 3.8) is 0 Å². The van der Waals surface area contributed by atoms with Crippen LogP contribution in [0.1, 0.15) is 34.5 Å². The number of benzene rings is 2. The van der Waals surface area contributed by atoms with E-state index >= 15 is 0 Å². The monoisotopic (exact) mass is 409 g/mol. The summed E-state index contributed by atoms with van der Waals surface area (Å²) in [5.41, 5.74) is 3.81. The highest BCUT2D eigenvalue weighted by molar-refractivity contribution is 6.33. The molecule has 29 heavy (non-hydrogen) atoms. The number of hydrogen-bond donors (Lipinski definition) is 1. The Hall–Kier alpha value is -3.12. The van der Waals surface area contributed by atoms with E-state index < -0.39 is 0 Å².